The maximum Gasteiger partial charge on any atom is 0.0208 e. The van der Waals surface area contributed by atoms with E-state index in [0.29, 0.717) is 0 Å². The average molecular weight is 265 g/mol. The van der Waals surface area contributed by atoms with Crippen molar-refractivity contribution < 1.29 is 0 Å². The van der Waals surface area contributed by atoms with Gasteiger partial charge >= 0.3 is 0 Å². The van der Waals surface area contributed by atoms with Crippen LogP contribution in [0.5, 0.6) is 0 Å². The Morgan fingerprint density at radius 2 is 1.70 bits per heavy atom. The minimum Gasteiger partial charge on any atom is -0.310 e. The molecule has 2 aromatic carbocycles. The van der Waals surface area contributed by atoms with E-state index in [-0.39, 0.29) is 0 Å². The average Bonchev–Trinajstić information content (AvgIpc) is 3.31. The molecule has 2 aromatic rings. The Labute approximate surface area is 122 Å². The zero-order valence-electron chi connectivity index (χ0n) is 12.4. The molecule has 0 amide bonds. The van der Waals surface area contributed by atoms with Gasteiger partial charge in [0.1, 0.15) is 0 Å². The lowest BCUT2D eigenvalue weighted by Gasteiger charge is -2.10. The zero-order valence-corrected chi connectivity index (χ0v) is 12.4. The zero-order chi connectivity index (χ0) is 13.9. The minimum absolute atomic E-state index is 0.767. The van der Waals surface area contributed by atoms with Crippen molar-refractivity contribution in [2.45, 2.75) is 45.7 Å². The lowest BCUT2D eigenvalue weighted by atomic mass is 9.97. The molecule has 0 radical (unpaired) electrons. The van der Waals surface area contributed by atoms with Crippen molar-refractivity contribution in [1.29, 1.82) is 0 Å². The maximum absolute atomic E-state index is 3.59. The van der Waals surface area contributed by atoms with Gasteiger partial charge in [-0.2, -0.15) is 0 Å². The third-order valence-electron chi connectivity index (χ3n) is 4.15. The number of hydrogen-bond acceptors (Lipinski definition) is 1. The third kappa shape index (κ3) is 3.10. The molecule has 20 heavy (non-hydrogen) atoms. The number of benzene rings is 2. The van der Waals surface area contributed by atoms with Gasteiger partial charge in [0.05, 0.1) is 0 Å². The van der Waals surface area contributed by atoms with Crippen LogP contribution in [0.2, 0.25) is 0 Å². The van der Waals surface area contributed by atoms with E-state index in [1.165, 1.54) is 40.7 Å². The molecule has 104 valence electrons. The summed E-state index contributed by atoms with van der Waals surface area (Å²) in [5.41, 5.74) is 6.83. The molecule has 0 saturated heterocycles. The Kier molecular flexibility index (Phi) is 3.88. The van der Waals surface area contributed by atoms with Crippen LogP contribution in [-0.2, 0) is 13.0 Å². The fourth-order valence-corrected chi connectivity index (χ4v) is 2.56. The summed E-state index contributed by atoms with van der Waals surface area (Å²) in [7, 11) is 0. The SMILES string of the molecule is CCc1ccc(-c2cc(CNC3CC3)ccc2C)cc1. The van der Waals surface area contributed by atoms with E-state index in [2.05, 4.69) is 61.6 Å². The summed E-state index contributed by atoms with van der Waals surface area (Å²) >= 11 is 0. The number of nitrogens with one attached hydrogen (secondary N) is 1. The first-order valence-corrected chi connectivity index (χ1v) is 7.68. The van der Waals surface area contributed by atoms with Crippen LogP contribution in [0.4, 0.5) is 0 Å². The normalized spacial score (nSPS) is 14.5. The highest BCUT2D eigenvalue weighted by Crippen LogP contribution is 2.26. The van der Waals surface area contributed by atoms with E-state index in [1.807, 2.05) is 0 Å². The summed E-state index contributed by atoms with van der Waals surface area (Å²) in [4.78, 5) is 0. The number of hydrogen-bond donors (Lipinski definition) is 1. The molecule has 1 nitrogen and oxygen atoms in total. The van der Waals surface area contributed by atoms with Crippen molar-refractivity contribution >= 4 is 0 Å². The predicted molar refractivity (Wildman–Crippen MR) is 85.9 cm³/mol. The highest BCUT2D eigenvalue weighted by molar-refractivity contribution is 5.68. The van der Waals surface area contributed by atoms with Gasteiger partial charge in [0.2, 0.25) is 0 Å². The van der Waals surface area contributed by atoms with E-state index in [1.54, 1.807) is 0 Å². The van der Waals surface area contributed by atoms with Gasteiger partial charge in [0.25, 0.3) is 0 Å². The van der Waals surface area contributed by atoms with Gasteiger partial charge in [-0.25, -0.2) is 0 Å². The standard InChI is InChI=1S/C19H23N/c1-3-15-6-8-17(9-7-15)19-12-16(5-4-14(19)2)13-20-18-10-11-18/h4-9,12,18,20H,3,10-11,13H2,1-2H3. The molecule has 0 aromatic heterocycles. The molecular weight excluding hydrogens is 242 g/mol. The van der Waals surface area contributed by atoms with Crippen molar-refractivity contribution in [1.82, 2.24) is 5.32 Å². The van der Waals surface area contributed by atoms with E-state index < -0.39 is 0 Å². The molecule has 0 spiro atoms. The molecule has 1 fully saturated rings. The minimum atomic E-state index is 0.767. The third-order valence-corrected chi connectivity index (χ3v) is 4.15. The van der Waals surface area contributed by atoms with Gasteiger partial charge in [-0.15, -0.1) is 0 Å². The first-order valence-electron chi connectivity index (χ1n) is 7.68. The van der Waals surface area contributed by atoms with Crippen molar-refractivity contribution in [3.63, 3.8) is 0 Å². The molecular formula is C19H23N. The van der Waals surface area contributed by atoms with Crippen molar-refractivity contribution in [2.24, 2.45) is 0 Å². The van der Waals surface area contributed by atoms with Gasteiger partial charge in [-0.1, -0.05) is 43.3 Å². The summed E-state index contributed by atoms with van der Waals surface area (Å²) < 4.78 is 0. The number of aryl methyl sites for hydroxylation is 2. The van der Waals surface area contributed by atoms with Crippen LogP contribution in [0.15, 0.2) is 42.5 Å². The molecule has 0 atom stereocenters. The first kappa shape index (κ1) is 13.4. The molecule has 0 bridgehead atoms. The van der Waals surface area contributed by atoms with E-state index in [9.17, 15) is 0 Å². The van der Waals surface area contributed by atoms with Crippen LogP contribution < -0.4 is 5.32 Å². The van der Waals surface area contributed by atoms with Crippen molar-refractivity contribution in [2.75, 3.05) is 0 Å². The summed E-state index contributed by atoms with van der Waals surface area (Å²) in [5.74, 6) is 0. The van der Waals surface area contributed by atoms with Gasteiger partial charge in [0.15, 0.2) is 0 Å². The Balaban J connectivity index is 1.83. The van der Waals surface area contributed by atoms with Crippen molar-refractivity contribution in [3.8, 4) is 11.1 Å². The topological polar surface area (TPSA) is 12.0 Å². The van der Waals surface area contributed by atoms with Crippen molar-refractivity contribution in [3.05, 3.63) is 59.2 Å². The van der Waals surface area contributed by atoms with Crippen LogP contribution in [0.1, 0.15) is 36.5 Å². The molecule has 1 aliphatic rings. The molecule has 0 unspecified atom stereocenters. The van der Waals surface area contributed by atoms with Crippen LogP contribution in [0.3, 0.4) is 0 Å². The Bertz CT molecular complexity index is 579. The van der Waals surface area contributed by atoms with Gasteiger partial charge in [-0.3, -0.25) is 0 Å². The fraction of sp³-hybridized carbons (Fsp3) is 0.368. The molecule has 3 rings (SSSR count). The summed E-state index contributed by atoms with van der Waals surface area (Å²) in [6, 6.07) is 16.6. The predicted octanol–water partition coefficient (Wildman–Crippen LogP) is 4.48. The largest absolute Gasteiger partial charge is 0.310 e. The second-order valence-electron chi connectivity index (χ2n) is 5.85. The number of rotatable bonds is 5. The molecule has 1 aliphatic carbocycles. The Hall–Kier alpha value is -1.60. The maximum atomic E-state index is 3.59. The van der Waals surface area contributed by atoms with Crippen LogP contribution >= 0.6 is 0 Å². The molecule has 0 aliphatic heterocycles. The lowest BCUT2D eigenvalue weighted by molar-refractivity contribution is 0.688. The fourth-order valence-electron chi connectivity index (χ4n) is 2.56. The molecule has 1 heteroatoms. The van der Waals surface area contributed by atoms with Crippen LogP contribution in [0, 0.1) is 6.92 Å². The van der Waals surface area contributed by atoms with Crippen LogP contribution in [0.25, 0.3) is 11.1 Å². The first-order chi connectivity index (χ1) is 9.76. The van der Waals surface area contributed by atoms with Gasteiger partial charge in [0, 0.05) is 12.6 Å². The molecule has 0 heterocycles. The van der Waals surface area contributed by atoms with Crippen LogP contribution in [-0.4, -0.2) is 6.04 Å². The summed E-state index contributed by atoms with van der Waals surface area (Å²) in [6.07, 6.45) is 3.79. The second-order valence-corrected chi connectivity index (χ2v) is 5.85. The quantitative estimate of drug-likeness (QED) is 0.840. The van der Waals surface area contributed by atoms with E-state index in [0.717, 1.165) is 19.0 Å². The monoisotopic (exact) mass is 265 g/mol. The molecule has 1 N–H and O–H groups in total. The van der Waals surface area contributed by atoms with E-state index in [4.69, 9.17) is 0 Å². The Morgan fingerprint density at radius 3 is 2.35 bits per heavy atom. The highest BCUT2D eigenvalue weighted by Gasteiger charge is 2.19. The molecule has 1 saturated carbocycles. The van der Waals surface area contributed by atoms with Gasteiger partial charge in [-0.05, 0) is 60.1 Å². The smallest absolute Gasteiger partial charge is 0.0208 e. The Morgan fingerprint density at radius 1 is 1.00 bits per heavy atom. The van der Waals surface area contributed by atoms with E-state index >= 15 is 0 Å². The second kappa shape index (κ2) is 5.80. The summed E-state index contributed by atoms with van der Waals surface area (Å²) in [5, 5.41) is 3.59. The highest BCUT2D eigenvalue weighted by atomic mass is 14.9. The van der Waals surface area contributed by atoms with Gasteiger partial charge < -0.3 is 5.32 Å². The summed E-state index contributed by atoms with van der Waals surface area (Å²) in [6.45, 7) is 5.39. The lowest BCUT2D eigenvalue weighted by Crippen LogP contribution is -2.15.